The Morgan fingerprint density at radius 3 is 2.82 bits per heavy atom. The predicted octanol–water partition coefficient (Wildman–Crippen LogP) is 2.81. The van der Waals surface area contributed by atoms with Gasteiger partial charge in [-0.05, 0) is 48.9 Å². The van der Waals surface area contributed by atoms with Gasteiger partial charge in [0.1, 0.15) is 6.17 Å². The highest BCUT2D eigenvalue weighted by atomic mass is 19.1. The Labute approximate surface area is 131 Å². The molecule has 0 aromatic heterocycles. The van der Waals surface area contributed by atoms with Crippen molar-refractivity contribution in [3.8, 4) is 0 Å². The molecule has 0 amide bonds. The van der Waals surface area contributed by atoms with Gasteiger partial charge in [-0.15, -0.1) is 0 Å². The van der Waals surface area contributed by atoms with Crippen molar-refractivity contribution >= 4 is 0 Å². The zero-order valence-electron chi connectivity index (χ0n) is 13.5. The van der Waals surface area contributed by atoms with Crippen molar-refractivity contribution in [3.63, 3.8) is 0 Å². The van der Waals surface area contributed by atoms with Gasteiger partial charge in [-0.25, -0.2) is 4.39 Å². The van der Waals surface area contributed by atoms with Crippen LogP contribution in [0, 0.1) is 28.6 Å². The number of alkyl halides is 1. The Kier molecular flexibility index (Phi) is 3.28. The molecule has 4 heteroatoms. The van der Waals surface area contributed by atoms with E-state index in [0.29, 0.717) is 31.3 Å². The first kappa shape index (κ1) is 15.1. The summed E-state index contributed by atoms with van der Waals surface area (Å²) in [5, 5.41) is 20.1. The molecule has 2 N–H and O–H groups in total. The number of hydrogen-bond acceptors (Lipinski definition) is 3. The van der Waals surface area contributed by atoms with Crippen LogP contribution in [0.15, 0.2) is 11.6 Å². The highest BCUT2D eigenvalue weighted by Crippen LogP contribution is 2.63. The number of aliphatic hydroxyl groups is 2. The molecule has 1 heterocycles. The molecular weight excluding hydrogens is 283 g/mol. The average Bonchev–Trinajstić information content (AvgIpc) is 2.72. The molecule has 0 radical (unpaired) electrons. The summed E-state index contributed by atoms with van der Waals surface area (Å²) in [6.45, 7) is 4.90. The third kappa shape index (κ3) is 1.83. The second kappa shape index (κ2) is 4.78. The van der Waals surface area contributed by atoms with Gasteiger partial charge >= 0.3 is 0 Å². The number of fused-ring (bicyclic) bond motifs is 5. The van der Waals surface area contributed by atoms with E-state index in [0.717, 1.165) is 19.3 Å². The molecule has 0 aromatic carbocycles. The Morgan fingerprint density at radius 1 is 1.27 bits per heavy atom. The lowest BCUT2D eigenvalue weighted by Gasteiger charge is -2.57. The van der Waals surface area contributed by atoms with Crippen LogP contribution in [0.3, 0.4) is 0 Å². The van der Waals surface area contributed by atoms with Crippen molar-refractivity contribution in [2.45, 2.75) is 64.5 Å². The molecule has 1 aliphatic heterocycles. The van der Waals surface area contributed by atoms with Gasteiger partial charge in [0.05, 0.1) is 12.7 Å². The zero-order chi connectivity index (χ0) is 15.7. The fourth-order valence-corrected chi connectivity index (χ4v) is 6.13. The lowest BCUT2D eigenvalue weighted by Crippen LogP contribution is -2.53. The molecule has 8 atom stereocenters. The van der Waals surface area contributed by atoms with Crippen LogP contribution in [0.2, 0.25) is 0 Å². The van der Waals surface area contributed by atoms with E-state index in [4.69, 9.17) is 4.74 Å². The number of halogens is 1. The third-order valence-corrected chi connectivity index (χ3v) is 7.53. The number of rotatable bonds is 0. The summed E-state index contributed by atoms with van der Waals surface area (Å²) in [4.78, 5) is 0. The summed E-state index contributed by atoms with van der Waals surface area (Å²) in [7, 11) is 0. The first-order valence-electron chi connectivity index (χ1n) is 8.67. The molecule has 3 nitrogen and oxygen atoms in total. The number of hydrogen-bond donors (Lipinski definition) is 2. The summed E-state index contributed by atoms with van der Waals surface area (Å²) in [5.74, 6) is 1.18. The quantitative estimate of drug-likeness (QED) is 0.677. The van der Waals surface area contributed by atoms with Crippen molar-refractivity contribution in [3.05, 3.63) is 11.6 Å². The van der Waals surface area contributed by atoms with E-state index < -0.39 is 18.6 Å². The minimum absolute atomic E-state index is 0.0250. The van der Waals surface area contributed by atoms with Gasteiger partial charge in [-0.3, -0.25) is 0 Å². The van der Waals surface area contributed by atoms with E-state index in [1.54, 1.807) is 0 Å². The van der Waals surface area contributed by atoms with Gasteiger partial charge in [0.2, 0.25) is 0 Å². The van der Waals surface area contributed by atoms with Crippen molar-refractivity contribution in [1.29, 1.82) is 0 Å². The third-order valence-electron chi connectivity index (χ3n) is 7.53. The number of aliphatic hydroxyl groups excluding tert-OH is 2. The van der Waals surface area contributed by atoms with Crippen LogP contribution in [-0.4, -0.2) is 35.4 Å². The van der Waals surface area contributed by atoms with E-state index in [1.165, 1.54) is 5.57 Å². The maximum Gasteiger partial charge on any atom is 0.158 e. The lowest BCUT2D eigenvalue weighted by molar-refractivity contribution is -0.168. The number of ether oxygens (including phenoxy) is 1. The minimum Gasteiger partial charge on any atom is -0.390 e. The molecule has 22 heavy (non-hydrogen) atoms. The molecule has 0 unspecified atom stereocenters. The molecule has 3 fully saturated rings. The monoisotopic (exact) mass is 310 g/mol. The van der Waals surface area contributed by atoms with E-state index >= 15 is 0 Å². The second-order valence-corrected chi connectivity index (χ2v) is 8.47. The lowest BCUT2D eigenvalue weighted by atomic mass is 9.50. The van der Waals surface area contributed by atoms with Crippen LogP contribution in [0.4, 0.5) is 4.39 Å². The highest BCUT2D eigenvalue weighted by Gasteiger charge is 2.61. The van der Waals surface area contributed by atoms with Gasteiger partial charge in [-0.2, -0.15) is 0 Å². The van der Waals surface area contributed by atoms with Gasteiger partial charge in [0.15, 0.2) is 6.29 Å². The number of allylic oxidation sites excluding steroid dienone is 1. The molecule has 124 valence electrons. The predicted molar refractivity (Wildman–Crippen MR) is 80.7 cm³/mol. The maximum absolute atomic E-state index is 14.2. The molecule has 0 bridgehead atoms. The summed E-state index contributed by atoms with van der Waals surface area (Å²) in [6.07, 6.45) is 3.71. The Hall–Kier alpha value is -0.450. The fourth-order valence-electron chi connectivity index (χ4n) is 6.13. The van der Waals surface area contributed by atoms with E-state index in [9.17, 15) is 14.6 Å². The van der Waals surface area contributed by atoms with Gasteiger partial charge < -0.3 is 14.9 Å². The van der Waals surface area contributed by atoms with Crippen molar-refractivity contribution in [1.82, 2.24) is 0 Å². The molecule has 1 saturated heterocycles. The van der Waals surface area contributed by atoms with Crippen LogP contribution >= 0.6 is 0 Å². The molecule has 3 aliphatic carbocycles. The van der Waals surface area contributed by atoms with Gasteiger partial charge in [-0.1, -0.05) is 25.5 Å². The summed E-state index contributed by atoms with van der Waals surface area (Å²) in [6, 6.07) is 0. The molecule has 4 aliphatic rings. The molecular formula is C18H27FO3. The highest BCUT2D eigenvalue weighted by molar-refractivity contribution is 5.25. The Balaban J connectivity index is 1.68. The zero-order valence-corrected chi connectivity index (χ0v) is 13.5. The Morgan fingerprint density at radius 2 is 2.05 bits per heavy atom. The molecule has 0 spiro atoms. The van der Waals surface area contributed by atoms with Crippen molar-refractivity contribution in [2.24, 2.45) is 28.6 Å². The Bertz CT molecular complexity index is 507. The van der Waals surface area contributed by atoms with Gasteiger partial charge in [0.25, 0.3) is 0 Å². The summed E-state index contributed by atoms with van der Waals surface area (Å²) >= 11 is 0. The van der Waals surface area contributed by atoms with E-state index in [1.807, 2.05) is 0 Å². The van der Waals surface area contributed by atoms with Gasteiger partial charge in [0, 0.05) is 11.8 Å². The van der Waals surface area contributed by atoms with Crippen LogP contribution < -0.4 is 0 Å². The first-order valence-corrected chi connectivity index (χ1v) is 8.67. The smallest absolute Gasteiger partial charge is 0.158 e. The first-order chi connectivity index (χ1) is 10.4. The van der Waals surface area contributed by atoms with Crippen LogP contribution in [0.1, 0.15) is 46.0 Å². The molecule has 2 saturated carbocycles. The second-order valence-electron chi connectivity index (χ2n) is 8.47. The normalized spacial score (nSPS) is 57.6. The standard InChI is InChI=1S/C18H27FO3/c1-17-6-5-12-11(13(17)8-14(19)16(17)21)4-3-10-7-15(20)22-9-18(10,12)2/h3,11-16,20-21H,4-9H2,1-2H3/t11-,12+,13+,14-,15-,16+,17+,18+/m1/s1. The maximum atomic E-state index is 14.2. The fraction of sp³-hybridized carbons (Fsp3) is 0.889. The average molecular weight is 310 g/mol. The topological polar surface area (TPSA) is 49.7 Å². The summed E-state index contributed by atoms with van der Waals surface area (Å²) in [5.41, 5.74) is 1.03. The molecule has 0 aromatic rings. The van der Waals surface area contributed by atoms with Crippen molar-refractivity contribution < 1.29 is 19.3 Å². The summed E-state index contributed by atoms with van der Waals surface area (Å²) < 4.78 is 19.7. The largest absolute Gasteiger partial charge is 0.390 e. The van der Waals surface area contributed by atoms with Crippen LogP contribution in [0.25, 0.3) is 0 Å². The van der Waals surface area contributed by atoms with Crippen LogP contribution in [-0.2, 0) is 4.74 Å². The SMILES string of the molecule is C[C@]12CC[C@H]3[C@@H](CC=C4C[C@H](O)OC[C@@]43C)[C@@H]1C[C@@H](F)[C@@H]2O. The van der Waals surface area contributed by atoms with Crippen molar-refractivity contribution in [2.75, 3.05) is 6.61 Å². The minimum atomic E-state index is -1.07. The molecule has 4 rings (SSSR count). The van der Waals surface area contributed by atoms with E-state index in [-0.39, 0.29) is 16.7 Å². The van der Waals surface area contributed by atoms with Crippen LogP contribution in [0.5, 0.6) is 0 Å². The van der Waals surface area contributed by atoms with E-state index in [2.05, 4.69) is 19.9 Å².